The molecule has 8 nitrogen and oxygen atoms in total. The normalized spacial score (nSPS) is 25.9. The van der Waals surface area contributed by atoms with Crippen molar-refractivity contribution >= 4 is 11.8 Å². The minimum absolute atomic E-state index is 0.0223. The molecule has 1 aromatic heterocycles. The van der Waals surface area contributed by atoms with Crippen LogP contribution < -0.4 is 0 Å². The lowest BCUT2D eigenvalue weighted by Crippen LogP contribution is -2.55. The molecule has 0 aliphatic carbocycles. The van der Waals surface area contributed by atoms with E-state index < -0.39 is 59.1 Å². The molecule has 4 rings (SSSR count). The van der Waals surface area contributed by atoms with Gasteiger partial charge in [-0.15, -0.1) is 16.9 Å². The number of benzene rings is 2. The van der Waals surface area contributed by atoms with Gasteiger partial charge in [-0.25, -0.2) is 17.9 Å². The SMILES string of the molecule is OC[C@H](S[C@@H]1O[C@H](CO)[C@H](O)[C@H](n2cc(-c3cc(F)c(F)c(F)c3)nn2)[C@H]1O)c1ccccc1. The van der Waals surface area contributed by atoms with Crippen LogP contribution in [-0.4, -0.2) is 72.4 Å². The molecule has 182 valence electrons. The molecule has 0 radical (unpaired) electrons. The average Bonchev–Trinajstić information content (AvgIpc) is 3.32. The summed E-state index contributed by atoms with van der Waals surface area (Å²) < 4.78 is 47.4. The molecule has 0 spiro atoms. The average molecular weight is 497 g/mol. The molecule has 1 aliphatic heterocycles. The number of aromatic nitrogens is 3. The van der Waals surface area contributed by atoms with E-state index in [4.69, 9.17) is 4.74 Å². The van der Waals surface area contributed by atoms with E-state index in [9.17, 15) is 33.6 Å². The summed E-state index contributed by atoms with van der Waals surface area (Å²) in [5, 5.41) is 48.6. The molecule has 0 unspecified atom stereocenters. The molecule has 12 heteroatoms. The zero-order chi connectivity index (χ0) is 24.4. The Morgan fingerprint density at radius 2 is 1.71 bits per heavy atom. The highest BCUT2D eigenvalue weighted by Crippen LogP contribution is 2.41. The predicted molar refractivity (Wildman–Crippen MR) is 116 cm³/mol. The van der Waals surface area contributed by atoms with Crippen molar-refractivity contribution in [1.82, 2.24) is 15.0 Å². The molecule has 34 heavy (non-hydrogen) atoms. The number of rotatable bonds is 7. The van der Waals surface area contributed by atoms with Crippen molar-refractivity contribution in [3.63, 3.8) is 0 Å². The number of nitrogens with zero attached hydrogens (tertiary/aromatic N) is 3. The summed E-state index contributed by atoms with van der Waals surface area (Å²) in [6.45, 7) is -0.819. The van der Waals surface area contributed by atoms with Crippen LogP contribution in [0.4, 0.5) is 13.2 Å². The lowest BCUT2D eigenvalue weighted by atomic mass is 9.97. The number of ether oxygens (including phenoxy) is 1. The molecular weight excluding hydrogens is 475 g/mol. The first kappa shape index (κ1) is 24.6. The van der Waals surface area contributed by atoms with E-state index in [-0.39, 0.29) is 17.9 Å². The zero-order valence-electron chi connectivity index (χ0n) is 17.6. The van der Waals surface area contributed by atoms with Crippen LogP contribution in [0.15, 0.2) is 48.7 Å². The number of hydrogen-bond donors (Lipinski definition) is 4. The fourth-order valence-electron chi connectivity index (χ4n) is 3.81. The molecule has 0 amide bonds. The Hall–Kier alpha value is -2.48. The van der Waals surface area contributed by atoms with Crippen molar-refractivity contribution in [3.05, 3.63) is 71.7 Å². The minimum atomic E-state index is -1.62. The molecule has 2 heterocycles. The van der Waals surface area contributed by atoms with Crippen LogP contribution in [0, 0.1) is 17.5 Å². The van der Waals surface area contributed by atoms with Crippen LogP contribution in [0.1, 0.15) is 16.9 Å². The summed E-state index contributed by atoms with van der Waals surface area (Å²) in [6, 6.07) is 9.41. The van der Waals surface area contributed by atoms with Crippen LogP contribution in [0.3, 0.4) is 0 Å². The van der Waals surface area contributed by atoms with E-state index >= 15 is 0 Å². The lowest BCUT2D eigenvalue weighted by molar-refractivity contribution is -0.178. The molecule has 1 saturated heterocycles. The first-order valence-electron chi connectivity index (χ1n) is 10.3. The third-order valence-electron chi connectivity index (χ3n) is 5.58. The summed E-state index contributed by atoms with van der Waals surface area (Å²) >= 11 is 1.11. The van der Waals surface area contributed by atoms with Crippen molar-refractivity contribution in [2.24, 2.45) is 0 Å². The second-order valence-corrected chi connectivity index (χ2v) is 9.06. The number of aliphatic hydroxyl groups is 4. The fourth-order valence-corrected chi connectivity index (χ4v) is 5.06. The third kappa shape index (κ3) is 4.83. The van der Waals surface area contributed by atoms with Gasteiger partial charge in [-0.05, 0) is 17.7 Å². The van der Waals surface area contributed by atoms with Gasteiger partial charge in [-0.3, -0.25) is 0 Å². The van der Waals surface area contributed by atoms with E-state index in [0.717, 1.165) is 34.1 Å². The first-order chi connectivity index (χ1) is 16.3. The highest BCUT2D eigenvalue weighted by Gasteiger charge is 2.47. The molecule has 0 saturated carbocycles. The molecular formula is C22H22F3N3O5S. The summed E-state index contributed by atoms with van der Waals surface area (Å²) in [7, 11) is 0. The van der Waals surface area contributed by atoms with Crippen LogP contribution in [0.2, 0.25) is 0 Å². The Balaban J connectivity index is 1.62. The monoisotopic (exact) mass is 497 g/mol. The maximum absolute atomic E-state index is 13.6. The maximum Gasteiger partial charge on any atom is 0.194 e. The minimum Gasteiger partial charge on any atom is -0.395 e. The number of thioether (sulfide) groups is 1. The molecule has 2 aromatic carbocycles. The lowest BCUT2D eigenvalue weighted by Gasteiger charge is -2.42. The number of halogens is 3. The van der Waals surface area contributed by atoms with Crippen molar-refractivity contribution in [3.8, 4) is 11.3 Å². The summed E-state index contributed by atoms with van der Waals surface area (Å²) in [5.41, 5.74) is -0.299. The quantitative estimate of drug-likeness (QED) is 0.365. The van der Waals surface area contributed by atoms with Gasteiger partial charge in [-0.1, -0.05) is 35.5 Å². The zero-order valence-corrected chi connectivity index (χ0v) is 18.4. The van der Waals surface area contributed by atoms with Crippen LogP contribution >= 0.6 is 11.8 Å². The largest absolute Gasteiger partial charge is 0.395 e. The van der Waals surface area contributed by atoms with E-state index in [0.29, 0.717) is 0 Å². The van der Waals surface area contributed by atoms with Crippen molar-refractivity contribution < 1.29 is 38.3 Å². The Morgan fingerprint density at radius 3 is 2.32 bits per heavy atom. The van der Waals surface area contributed by atoms with E-state index in [1.165, 1.54) is 6.20 Å². The van der Waals surface area contributed by atoms with Gasteiger partial charge in [0.15, 0.2) is 17.5 Å². The van der Waals surface area contributed by atoms with Crippen LogP contribution in [-0.2, 0) is 4.74 Å². The summed E-state index contributed by atoms with van der Waals surface area (Å²) in [5.74, 6) is -4.42. The third-order valence-corrected chi connectivity index (χ3v) is 6.99. The summed E-state index contributed by atoms with van der Waals surface area (Å²) in [4.78, 5) is 0. The fraction of sp³-hybridized carbons (Fsp3) is 0.364. The van der Waals surface area contributed by atoms with Gasteiger partial charge in [0.05, 0.1) is 24.7 Å². The molecule has 4 N–H and O–H groups in total. The van der Waals surface area contributed by atoms with Gasteiger partial charge in [0.25, 0.3) is 0 Å². The molecule has 1 fully saturated rings. The van der Waals surface area contributed by atoms with Gasteiger partial charge < -0.3 is 25.2 Å². The smallest absolute Gasteiger partial charge is 0.194 e. The Morgan fingerprint density at radius 1 is 1.03 bits per heavy atom. The predicted octanol–water partition coefficient (Wildman–Crippen LogP) is 1.81. The Labute approximate surface area is 196 Å². The molecule has 3 aromatic rings. The van der Waals surface area contributed by atoms with Gasteiger partial charge in [-0.2, -0.15) is 0 Å². The maximum atomic E-state index is 13.6. The van der Waals surface area contributed by atoms with Crippen molar-refractivity contribution in [2.45, 2.75) is 35.0 Å². The van der Waals surface area contributed by atoms with E-state index in [2.05, 4.69) is 10.3 Å². The highest BCUT2D eigenvalue weighted by molar-refractivity contribution is 8.00. The highest BCUT2D eigenvalue weighted by atomic mass is 32.2. The van der Waals surface area contributed by atoms with E-state index in [1.54, 1.807) is 12.1 Å². The van der Waals surface area contributed by atoms with Crippen LogP contribution in [0.25, 0.3) is 11.3 Å². The van der Waals surface area contributed by atoms with Gasteiger partial charge in [0, 0.05) is 5.56 Å². The second-order valence-electron chi connectivity index (χ2n) is 7.75. The number of hydrogen-bond acceptors (Lipinski definition) is 8. The topological polar surface area (TPSA) is 121 Å². The Kier molecular flexibility index (Phi) is 7.55. The molecule has 1 aliphatic rings. The van der Waals surface area contributed by atoms with E-state index in [1.807, 2.05) is 18.2 Å². The Bertz CT molecular complexity index is 1100. The van der Waals surface area contributed by atoms with Gasteiger partial charge in [0.1, 0.15) is 35.5 Å². The first-order valence-corrected chi connectivity index (χ1v) is 11.3. The van der Waals surface area contributed by atoms with Gasteiger partial charge >= 0.3 is 0 Å². The molecule has 0 bridgehead atoms. The van der Waals surface area contributed by atoms with Crippen molar-refractivity contribution in [2.75, 3.05) is 13.2 Å². The second kappa shape index (κ2) is 10.4. The van der Waals surface area contributed by atoms with Crippen molar-refractivity contribution in [1.29, 1.82) is 0 Å². The van der Waals surface area contributed by atoms with Gasteiger partial charge in [0.2, 0.25) is 0 Å². The van der Waals surface area contributed by atoms with Crippen LogP contribution in [0.5, 0.6) is 0 Å². The number of aliphatic hydroxyl groups excluding tert-OH is 4. The molecule has 6 atom stereocenters. The summed E-state index contributed by atoms with van der Waals surface area (Å²) in [6.07, 6.45) is -2.62. The standard InChI is InChI=1S/C22H22F3N3O5S/c23-13-6-12(7-14(24)18(13)25)15-8-28(27-26-15)19-20(31)16(9-29)33-22(21(19)32)34-17(10-30)11-4-2-1-3-5-11/h1-8,16-17,19-22,29-32H,9-10H2/t16-,17+,19+,20+,21-,22+/m1/s1.